The van der Waals surface area contributed by atoms with Gasteiger partial charge in [0, 0.05) is 4.86 Å². The number of nitrogens with two attached hydrogens (primary N) is 1. The minimum Gasteiger partial charge on any atom is -0.464 e. The predicted octanol–water partition coefficient (Wildman–Crippen LogP) is 2.45. The normalized spacial score (nSPS) is 20.5. The molecule has 1 heterocycles. The molecule has 0 aromatic rings. The van der Waals surface area contributed by atoms with E-state index in [-0.39, 0.29) is 16.2 Å². The highest BCUT2D eigenvalue weighted by Crippen LogP contribution is 2.33. The number of esters is 1. The standard InChI is InChI=1S/C13H17NO2S/c1-5-17-10(3)6-9(2)7-11(17)8-12(14)13(15)16-4/h5-8H,1,14H2,2-4H3/b12-8-. The molecule has 1 unspecified atom stereocenters. The second-order valence-corrected chi connectivity index (χ2v) is 5.77. The smallest absolute Gasteiger partial charge is 0.353 e. The third-order valence-corrected chi connectivity index (χ3v) is 4.18. The molecule has 1 atom stereocenters. The van der Waals surface area contributed by atoms with Gasteiger partial charge in [-0.15, -0.1) is 10.5 Å². The summed E-state index contributed by atoms with van der Waals surface area (Å²) < 4.78 is 4.57. The average molecular weight is 251 g/mol. The van der Waals surface area contributed by atoms with Gasteiger partial charge in [-0.25, -0.2) is 4.79 Å². The van der Waals surface area contributed by atoms with Crippen LogP contribution >= 0.6 is 10.5 Å². The molecule has 0 aliphatic carbocycles. The van der Waals surface area contributed by atoms with Gasteiger partial charge in [0.25, 0.3) is 0 Å². The van der Waals surface area contributed by atoms with Crippen molar-refractivity contribution in [2.75, 3.05) is 7.11 Å². The van der Waals surface area contributed by atoms with Gasteiger partial charge in [-0.2, -0.15) is 0 Å². The average Bonchev–Trinajstić information content (AvgIpc) is 2.27. The summed E-state index contributed by atoms with van der Waals surface area (Å²) in [5.41, 5.74) is 6.90. The third-order valence-electron chi connectivity index (χ3n) is 2.29. The van der Waals surface area contributed by atoms with Crippen molar-refractivity contribution in [3.8, 4) is 0 Å². The van der Waals surface area contributed by atoms with Crippen molar-refractivity contribution in [1.82, 2.24) is 0 Å². The SMILES string of the molecule is C=CS1=C(/C=C(\N)C(=O)OC)C=C(C)C=C1C. The first-order valence-electron chi connectivity index (χ1n) is 5.14. The van der Waals surface area contributed by atoms with Gasteiger partial charge in [0.15, 0.2) is 0 Å². The molecular weight excluding hydrogens is 234 g/mol. The van der Waals surface area contributed by atoms with Crippen LogP contribution in [-0.2, 0) is 9.53 Å². The number of carbonyl (C=O) groups excluding carboxylic acids is 1. The molecule has 0 fully saturated rings. The molecule has 0 radical (unpaired) electrons. The summed E-state index contributed by atoms with van der Waals surface area (Å²) in [6, 6.07) is 0. The van der Waals surface area contributed by atoms with Gasteiger partial charge < -0.3 is 10.5 Å². The first-order chi connectivity index (χ1) is 7.99. The van der Waals surface area contributed by atoms with Crippen molar-refractivity contribution in [3.63, 3.8) is 0 Å². The van der Waals surface area contributed by atoms with E-state index in [1.165, 1.54) is 12.0 Å². The number of hydrogen-bond donors (Lipinski definition) is 1. The Labute approximate surface area is 104 Å². The molecule has 0 amide bonds. The molecule has 0 spiro atoms. The minimum absolute atomic E-state index is 0.112. The Balaban J connectivity index is 3.24. The fourth-order valence-corrected chi connectivity index (χ4v) is 3.27. The summed E-state index contributed by atoms with van der Waals surface area (Å²) in [7, 11) is 1.12. The monoisotopic (exact) mass is 251 g/mol. The maximum atomic E-state index is 11.3. The van der Waals surface area contributed by atoms with Crippen LogP contribution in [0.25, 0.3) is 0 Å². The van der Waals surface area contributed by atoms with E-state index in [1.54, 1.807) is 6.08 Å². The quantitative estimate of drug-likeness (QED) is 0.476. The fourth-order valence-electron chi connectivity index (χ4n) is 1.56. The van der Waals surface area contributed by atoms with E-state index in [0.29, 0.717) is 0 Å². The predicted molar refractivity (Wildman–Crippen MR) is 74.6 cm³/mol. The van der Waals surface area contributed by atoms with Crippen LogP contribution in [0, 0.1) is 0 Å². The summed E-state index contributed by atoms with van der Waals surface area (Å²) in [6.45, 7) is 7.87. The number of hydrogen-bond acceptors (Lipinski definition) is 3. The number of methoxy groups -OCH3 is 1. The lowest BCUT2D eigenvalue weighted by Crippen LogP contribution is -2.14. The van der Waals surface area contributed by atoms with Gasteiger partial charge >= 0.3 is 5.97 Å². The molecule has 3 nitrogen and oxygen atoms in total. The molecular formula is C13H17NO2S. The van der Waals surface area contributed by atoms with Crippen molar-refractivity contribution >= 4 is 21.3 Å². The van der Waals surface area contributed by atoms with E-state index in [9.17, 15) is 4.79 Å². The highest BCUT2D eigenvalue weighted by Gasteiger charge is 2.10. The van der Waals surface area contributed by atoms with Gasteiger partial charge in [0.2, 0.25) is 0 Å². The Hall–Kier alpha value is -1.55. The maximum absolute atomic E-state index is 11.3. The Morgan fingerprint density at radius 1 is 1.47 bits per heavy atom. The second-order valence-electron chi connectivity index (χ2n) is 3.64. The van der Waals surface area contributed by atoms with E-state index in [0.717, 1.165) is 10.4 Å². The zero-order valence-corrected chi connectivity index (χ0v) is 11.1. The second kappa shape index (κ2) is 5.68. The Bertz CT molecular complexity index is 482. The van der Waals surface area contributed by atoms with Crippen molar-refractivity contribution in [2.24, 2.45) is 5.73 Å². The van der Waals surface area contributed by atoms with E-state index in [1.807, 2.05) is 25.3 Å². The number of allylic oxidation sites excluding steroid dienone is 5. The van der Waals surface area contributed by atoms with Crippen LogP contribution in [0.15, 0.2) is 46.4 Å². The van der Waals surface area contributed by atoms with Crippen LogP contribution in [-0.4, -0.2) is 17.9 Å². The van der Waals surface area contributed by atoms with Crippen molar-refractivity contribution in [2.45, 2.75) is 13.8 Å². The van der Waals surface area contributed by atoms with Crippen LogP contribution < -0.4 is 5.73 Å². The molecule has 0 saturated heterocycles. The van der Waals surface area contributed by atoms with Crippen LogP contribution in [0.1, 0.15) is 13.8 Å². The van der Waals surface area contributed by atoms with Crippen LogP contribution in [0.5, 0.6) is 0 Å². The topological polar surface area (TPSA) is 52.3 Å². The van der Waals surface area contributed by atoms with Crippen LogP contribution in [0.4, 0.5) is 0 Å². The minimum atomic E-state index is -0.511. The van der Waals surface area contributed by atoms with Gasteiger partial charge in [0.1, 0.15) is 5.70 Å². The van der Waals surface area contributed by atoms with Gasteiger partial charge in [0.05, 0.1) is 7.11 Å². The fraction of sp³-hybridized carbons (Fsp3) is 0.231. The molecule has 17 heavy (non-hydrogen) atoms. The first-order valence-corrected chi connectivity index (χ1v) is 6.43. The van der Waals surface area contributed by atoms with Crippen LogP contribution in [0.2, 0.25) is 0 Å². The number of rotatable bonds is 3. The molecule has 1 aliphatic rings. The van der Waals surface area contributed by atoms with Gasteiger partial charge in [-0.05, 0) is 41.9 Å². The van der Waals surface area contributed by atoms with E-state index < -0.39 is 5.97 Å². The molecule has 0 aromatic heterocycles. The highest BCUT2D eigenvalue weighted by atomic mass is 32.2. The molecule has 1 rings (SSSR count). The summed E-state index contributed by atoms with van der Waals surface area (Å²) in [5.74, 6) is -0.511. The Morgan fingerprint density at radius 3 is 2.65 bits per heavy atom. The van der Waals surface area contributed by atoms with Crippen molar-refractivity contribution < 1.29 is 9.53 Å². The van der Waals surface area contributed by atoms with E-state index in [2.05, 4.69) is 17.4 Å². The maximum Gasteiger partial charge on any atom is 0.353 e. The zero-order chi connectivity index (χ0) is 13.0. The lowest BCUT2D eigenvalue weighted by atomic mass is 10.2. The Morgan fingerprint density at radius 2 is 2.12 bits per heavy atom. The van der Waals surface area contributed by atoms with Gasteiger partial charge in [-0.1, -0.05) is 12.7 Å². The van der Waals surface area contributed by atoms with E-state index in [4.69, 9.17) is 5.73 Å². The number of ether oxygens (including phenoxy) is 1. The molecule has 1 aliphatic heterocycles. The van der Waals surface area contributed by atoms with E-state index >= 15 is 0 Å². The lowest BCUT2D eigenvalue weighted by Gasteiger charge is -2.14. The van der Waals surface area contributed by atoms with Crippen molar-refractivity contribution in [1.29, 1.82) is 0 Å². The molecule has 0 bridgehead atoms. The van der Waals surface area contributed by atoms with Crippen LogP contribution in [0.3, 0.4) is 0 Å². The summed E-state index contributed by atoms with van der Waals surface area (Å²) in [5, 5.41) is 1.87. The molecule has 2 N–H and O–H groups in total. The van der Waals surface area contributed by atoms with Gasteiger partial charge in [-0.3, -0.25) is 0 Å². The zero-order valence-electron chi connectivity index (χ0n) is 10.3. The Kier molecular flexibility index (Phi) is 4.52. The number of carbonyl (C=O) groups is 1. The largest absolute Gasteiger partial charge is 0.464 e. The summed E-state index contributed by atoms with van der Waals surface area (Å²) in [4.78, 5) is 13.5. The van der Waals surface area contributed by atoms with Crippen molar-refractivity contribution in [3.05, 3.63) is 46.4 Å². The molecule has 0 saturated carbocycles. The molecule has 0 aromatic carbocycles. The summed E-state index contributed by atoms with van der Waals surface area (Å²) >= 11 is 0. The highest BCUT2D eigenvalue weighted by molar-refractivity contribution is 8.22. The lowest BCUT2D eigenvalue weighted by molar-refractivity contribution is -0.136. The molecule has 92 valence electrons. The first kappa shape index (κ1) is 13.5. The molecule has 4 heteroatoms. The third kappa shape index (κ3) is 3.20. The summed E-state index contributed by atoms with van der Waals surface area (Å²) in [6.07, 6.45) is 5.78.